The third-order valence-electron chi connectivity index (χ3n) is 4.20. The summed E-state index contributed by atoms with van der Waals surface area (Å²) in [6, 6.07) is 0.798. The minimum Gasteiger partial charge on any atom is -0.315 e. The van der Waals surface area contributed by atoms with Crippen molar-refractivity contribution in [3.05, 3.63) is 0 Å². The standard InChI is InChI=1S/C14H29N3/c1-2-8-17(14-6-5-7-15-13-14)12-11-16-9-3-4-10-16/h14-15H,2-13H2,1H3. The molecule has 1 unspecified atom stereocenters. The molecule has 0 amide bonds. The summed E-state index contributed by atoms with van der Waals surface area (Å²) < 4.78 is 0. The van der Waals surface area contributed by atoms with Crippen LogP contribution in [-0.4, -0.2) is 61.7 Å². The van der Waals surface area contributed by atoms with Crippen molar-refractivity contribution < 1.29 is 0 Å². The van der Waals surface area contributed by atoms with Crippen molar-refractivity contribution in [1.82, 2.24) is 15.1 Å². The lowest BCUT2D eigenvalue weighted by Gasteiger charge is -2.35. The first-order chi connectivity index (χ1) is 8.40. The smallest absolute Gasteiger partial charge is 0.0221 e. The summed E-state index contributed by atoms with van der Waals surface area (Å²) in [7, 11) is 0. The molecule has 2 aliphatic rings. The van der Waals surface area contributed by atoms with Crippen molar-refractivity contribution in [1.29, 1.82) is 0 Å². The van der Waals surface area contributed by atoms with E-state index in [1.54, 1.807) is 0 Å². The molecule has 0 saturated carbocycles. The third-order valence-corrected chi connectivity index (χ3v) is 4.20. The molecular formula is C14H29N3. The lowest BCUT2D eigenvalue weighted by atomic mass is 10.1. The van der Waals surface area contributed by atoms with Crippen molar-refractivity contribution in [2.45, 2.75) is 45.1 Å². The molecule has 2 rings (SSSR count). The molecule has 2 fully saturated rings. The Labute approximate surface area is 107 Å². The third kappa shape index (κ3) is 4.23. The molecule has 0 aromatic rings. The minimum absolute atomic E-state index is 0.798. The number of hydrogen-bond acceptors (Lipinski definition) is 3. The van der Waals surface area contributed by atoms with Crippen LogP contribution >= 0.6 is 0 Å². The summed E-state index contributed by atoms with van der Waals surface area (Å²) in [6.45, 7) is 11.3. The summed E-state index contributed by atoms with van der Waals surface area (Å²) in [5.41, 5.74) is 0. The predicted molar refractivity (Wildman–Crippen MR) is 73.4 cm³/mol. The Bertz CT molecular complexity index is 196. The number of nitrogens with one attached hydrogen (secondary N) is 1. The Morgan fingerprint density at radius 3 is 2.65 bits per heavy atom. The molecule has 0 bridgehead atoms. The maximum atomic E-state index is 3.55. The Morgan fingerprint density at radius 2 is 2.00 bits per heavy atom. The van der Waals surface area contributed by atoms with Crippen molar-refractivity contribution in [3.8, 4) is 0 Å². The first kappa shape index (κ1) is 13.3. The van der Waals surface area contributed by atoms with Crippen LogP contribution in [0.25, 0.3) is 0 Å². The zero-order valence-electron chi connectivity index (χ0n) is 11.5. The molecule has 2 heterocycles. The number of nitrogens with zero attached hydrogens (tertiary/aromatic N) is 2. The van der Waals surface area contributed by atoms with Crippen molar-refractivity contribution in [2.75, 3.05) is 45.8 Å². The first-order valence-electron chi connectivity index (χ1n) is 7.57. The zero-order valence-corrected chi connectivity index (χ0v) is 11.5. The van der Waals surface area contributed by atoms with Crippen LogP contribution in [-0.2, 0) is 0 Å². The van der Waals surface area contributed by atoms with Crippen LogP contribution < -0.4 is 5.32 Å². The highest BCUT2D eigenvalue weighted by molar-refractivity contribution is 4.79. The van der Waals surface area contributed by atoms with Crippen molar-refractivity contribution in [2.24, 2.45) is 0 Å². The largest absolute Gasteiger partial charge is 0.315 e. The molecular weight excluding hydrogens is 210 g/mol. The van der Waals surface area contributed by atoms with Gasteiger partial charge in [0.15, 0.2) is 0 Å². The molecule has 2 aliphatic heterocycles. The normalized spacial score (nSPS) is 26.8. The van der Waals surface area contributed by atoms with Gasteiger partial charge in [0, 0.05) is 25.7 Å². The second-order valence-electron chi connectivity index (χ2n) is 5.58. The molecule has 0 radical (unpaired) electrons. The molecule has 17 heavy (non-hydrogen) atoms. The van der Waals surface area contributed by atoms with Crippen LogP contribution in [0, 0.1) is 0 Å². The Balaban J connectivity index is 1.74. The van der Waals surface area contributed by atoms with Crippen LogP contribution in [0.5, 0.6) is 0 Å². The minimum atomic E-state index is 0.798. The monoisotopic (exact) mass is 239 g/mol. The number of hydrogen-bond donors (Lipinski definition) is 1. The van der Waals surface area contributed by atoms with E-state index in [0.717, 1.165) is 6.04 Å². The van der Waals surface area contributed by atoms with Gasteiger partial charge in [-0.1, -0.05) is 6.92 Å². The molecule has 100 valence electrons. The molecule has 3 heteroatoms. The fourth-order valence-corrected chi connectivity index (χ4v) is 3.19. The van der Waals surface area contributed by atoms with E-state index in [9.17, 15) is 0 Å². The average Bonchev–Trinajstić information content (AvgIpc) is 2.88. The highest BCUT2D eigenvalue weighted by atomic mass is 15.2. The Hall–Kier alpha value is -0.120. The molecule has 0 aromatic heterocycles. The topological polar surface area (TPSA) is 18.5 Å². The molecule has 0 spiro atoms. The van der Waals surface area contributed by atoms with Gasteiger partial charge in [-0.05, 0) is 58.3 Å². The Morgan fingerprint density at radius 1 is 1.18 bits per heavy atom. The molecule has 2 saturated heterocycles. The van der Waals surface area contributed by atoms with Gasteiger partial charge in [-0.15, -0.1) is 0 Å². The van der Waals surface area contributed by atoms with Crippen LogP contribution in [0.2, 0.25) is 0 Å². The van der Waals surface area contributed by atoms with Gasteiger partial charge in [0.05, 0.1) is 0 Å². The van der Waals surface area contributed by atoms with E-state index in [4.69, 9.17) is 0 Å². The van der Waals surface area contributed by atoms with E-state index in [1.165, 1.54) is 77.9 Å². The fourth-order valence-electron chi connectivity index (χ4n) is 3.19. The van der Waals surface area contributed by atoms with Crippen molar-refractivity contribution >= 4 is 0 Å². The summed E-state index contributed by atoms with van der Waals surface area (Å²) in [6.07, 6.45) is 6.87. The van der Waals surface area contributed by atoms with E-state index in [0.29, 0.717) is 0 Å². The lowest BCUT2D eigenvalue weighted by molar-refractivity contribution is 0.147. The number of likely N-dealkylation sites (tertiary alicyclic amines) is 1. The van der Waals surface area contributed by atoms with E-state index in [-0.39, 0.29) is 0 Å². The number of rotatable bonds is 6. The first-order valence-corrected chi connectivity index (χ1v) is 7.57. The highest BCUT2D eigenvalue weighted by Gasteiger charge is 2.21. The average molecular weight is 239 g/mol. The van der Waals surface area contributed by atoms with Crippen LogP contribution in [0.15, 0.2) is 0 Å². The molecule has 1 N–H and O–H groups in total. The van der Waals surface area contributed by atoms with Gasteiger partial charge in [0.25, 0.3) is 0 Å². The maximum absolute atomic E-state index is 3.55. The van der Waals surface area contributed by atoms with Gasteiger partial charge < -0.3 is 10.2 Å². The van der Waals surface area contributed by atoms with E-state index < -0.39 is 0 Å². The van der Waals surface area contributed by atoms with Crippen LogP contribution in [0.3, 0.4) is 0 Å². The summed E-state index contributed by atoms with van der Waals surface area (Å²) in [5, 5.41) is 3.55. The van der Waals surface area contributed by atoms with Gasteiger partial charge in [-0.2, -0.15) is 0 Å². The second kappa shape index (κ2) is 7.34. The van der Waals surface area contributed by atoms with Gasteiger partial charge in [0.2, 0.25) is 0 Å². The summed E-state index contributed by atoms with van der Waals surface area (Å²) >= 11 is 0. The molecule has 0 aliphatic carbocycles. The highest BCUT2D eigenvalue weighted by Crippen LogP contribution is 2.12. The SMILES string of the molecule is CCCN(CCN1CCCC1)C1CCCNC1. The molecule has 0 aromatic carbocycles. The maximum Gasteiger partial charge on any atom is 0.0221 e. The van der Waals surface area contributed by atoms with Gasteiger partial charge in [-0.3, -0.25) is 4.90 Å². The van der Waals surface area contributed by atoms with Gasteiger partial charge >= 0.3 is 0 Å². The Kier molecular flexibility index (Phi) is 5.75. The molecule has 3 nitrogen and oxygen atoms in total. The van der Waals surface area contributed by atoms with E-state index in [2.05, 4.69) is 22.0 Å². The fraction of sp³-hybridized carbons (Fsp3) is 1.00. The predicted octanol–water partition coefficient (Wildman–Crippen LogP) is 1.55. The lowest BCUT2D eigenvalue weighted by Crippen LogP contribution is -2.48. The van der Waals surface area contributed by atoms with Gasteiger partial charge in [0.1, 0.15) is 0 Å². The second-order valence-corrected chi connectivity index (χ2v) is 5.58. The van der Waals surface area contributed by atoms with E-state index in [1.807, 2.05) is 0 Å². The quantitative estimate of drug-likeness (QED) is 0.758. The van der Waals surface area contributed by atoms with Gasteiger partial charge in [-0.25, -0.2) is 0 Å². The van der Waals surface area contributed by atoms with Crippen molar-refractivity contribution in [3.63, 3.8) is 0 Å². The summed E-state index contributed by atoms with van der Waals surface area (Å²) in [4.78, 5) is 5.36. The summed E-state index contributed by atoms with van der Waals surface area (Å²) in [5.74, 6) is 0. The molecule has 1 atom stereocenters. The van der Waals surface area contributed by atoms with Crippen LogP contribution in [0.1, 0.15) is 39.0 Å². The number of piperidine rings is 1. The van der Waals surface area contributed by atoms with E-state index >= 15 is 0 Å². The zero-order chi connectivity index (χ0) is 11.9. The van der Waals surface area contributed by atoms with Crippen LogP contribution in [0.4, 0.5) is 0 Å².